The molecule has 0 spiro atoms. The average molecular weight is 261 g/mol. The normalized spacial score (nSPS) is 14.8. The highest BCUT2D eigenvalue weighted by molar-refractivity contribution is 6.04. The lowest BCUT2D eigenvalue weighted by Crippen LogP contribution is -2.48. The van der Waals surface area contributed by atoms with Gasteiger partial charge in [0.1, 0.15) is 5.41 Å². The van der Waals surface area contributed by atoms with Crippen molar-refractivity contribution < 1.29 is 9.59 Å². The molecule has 0 radical (unpaired) electrons. The highest BCUT2D eigenvalue weighted by Crippen LogP contribution is 2.23. The number of aromatic nitrogens is 1. The summed E-state index contributed by atoms with van der Waals surface area (Å²) in [5.41, 5.74) is -0.139. The fourth-order valence-corrected chi connectivity index (χ4v) is 1.60. The van der Waals surface area contributed by atoms with Gasteiger partial charge >= 0.3 is 0 Å². The zero-order valence-corrected chi connectivity index (χ0v) is 11.3. The third-order valence-corrected chi connectivity index (χ3v) is 3.22. The van der Waals surface area contributed by atoms with Gasteiger partial charge in [-0.3, -0.25) is 14.6 Å². The number of carbonyl (C=O) groups excluding carboxylic acids is 2. The predicted octanol–water partition coefficient (Wildman–Crippen LogP) is 1.00. The second-order valence-electron chi connectivity index (χ2n) is 5.42. The van der Waals surface area contributed by atoms with E-state index in [2.05, 4.69) is 15.6 Å². The van der Waals surface area contributed by atoms with Crippen LogP contribution in [0.15, 0.2) is 24.5 Å². The zero-order valence-electron chi connectivity index (χ0n) is 11.3. The van der Waals surface area contributed by atoms with Gasteiger partial charge < -0.3 is 10.6 Å². The molecule has 1 aliphatic carbocycles. The van der Waals surface area contributed by atoms with Crippen molar-refractivity contribution in [2.24, 2.45) is 5.41 Å². The Hall–Kier alpha value is -1.91. The molecule has 2 N–H and O–H groups in total. The fraction of sp³-hybridized carbons (Fsp3) is 0.500. The Bertz CT molecular complexity index is 467. The topological polar surface area (TPSA) is 71.1 Å². The van der Waals surface area contributed by atoms with Gasteiger partial charge in [0.05, 0.1) is 0 Å². The van der Waals surface area contributed by atoms with Crippen LogP contribution in [-0.2, 0) is 16.1 Å². The molecule has 1 heterocycles. The van der Waals surface area contributed by atoms with Gasteiger partial charge in [-0.05, 0) is 38.3 Å². The van der Waals surface area contributed by atoms with Gasteiger partial charge in [0.15, 0.2) is 0 Å². The molecule has 1 aromatic rings. The van der Waals surface area contributed by atoms with Crippen molar-refractivity contribution in [1.29, 1.82) is 0 Å². The molecule has 0 unspecified atom stereocenters. The van der Waals surface area contributed by atoms with Crippen molar-refractivity contribution in [2.75, 3.05) is 0 Å². The van der Waals surface area contributed by atoms with Crippen LogP contribution in [0.25, 0.3) is 0 Å². The summed E-state index contributed by atoms with van der Waals surface area (Å²) >= 11 is 0. The molecule has 2 rings (SSSR count). The molecule has 0 atom stereocenters. The van der Waals surface area contributed by atoms with Crippen molar-refractivity contribution in [3.63, 3.8) is 0 Å². The van der Waals surface area contributed by atoms with Gasteiger partial charge in [0.25, 0.3) is 0 Å². The maximum absolute atomic E-state index is 12.1. The molecule has 0 bridgehead atoms. The number of amides is 2. The minimum Gasteiger partial charge on any atom is -0.352 e. The highest BCUT2D eigenvalue weighted by Gasteiger charge is 2.38. The standard InChI is InChI=1S/C14H19N3O2/c1-14(2,13(19)17-11-5-6-11)12(18)16-9-10-4-3-7-15-8-10/h3-4,7-8,11H,5-6,9H2,1-2H3,(H,16,18)(H,17,19). The quantitative estimate of drug-likeness (QED) is 0.777. The van der Waals surface area contributed by atoms with E-state index in [9.17, 15) is 9.59 Å². The third-order valence-electron chi connectivity index (χ3n) is 3.22. The smallest absolute Gasteiger partial charge is 0.235 e. The second kappa shape index (κ2) is 5.38. The van der Waals surface area contributed by atoms with Crippen molar-refractivity contribution in [1.82, 2.24) is 15.6 Å². The molecule has 0 saturated heterocycles. The molecular formula is C14H19N3O2. The van der Waals surface area contributed by atoms with E-state index in [-0.39, 0.29) is 17.9 Å². The Labute approximate surface area is 112 Å². The van der Waals surface area contributed by atoms with Gasteiger partial charge in [0.2, 0.25) is 11.8 Å². The molecule has 1 saturated carbocycles. The molecule has 1 fully saturated rings. The van der Waals surface area contributed by atoms with E-state index in [0.717, 1.165) is 18.4 Å². The Morgan fingerprint density at radius 3 is 2.68 bits per heavy atom. The Morgan fingerprint density at radius 1 is 1.37 bits per heavy atom. The lowest BCUT2D eigenvalue weighted by Gasteiger charge is -2.22. The Balaban J connectivity index is 1.88. The van der Waals surface area contributed by atoms with Crippen LogP contribution >= 0.6 is 0 Å². The molecule has 5 nitrogen and oxygen atoms in total. The van der Waals surface area contributed by atoms with Crippen LogP contribution in [0.3, 0.4) is 0 Å². The van der Waals surface area contributed by atoms with Gasteiger partial charge in [-0.25, -0.2) is 0 Å². The lowest BCUT2D eigenvalue weighted by molar-refractivity contribution is -0.141. The highest BCUT2D eigenvalue weighted by atomic mass is 16.2. The van der Waals surface area contributed by atoms with Crippen LogP contribution in [0.2, 0.25) is 0 Å². The summed E-state index contributed by atoms with van der Waals surface area (Å²) in [5.74, 6) is -0.479. The first-order valence-electron chi connectivity index (χ1n) is 6.48. The molecule has 2 amide bonds. The third kappa shape index (κ3) is 3.53. The number of carbonyl (C=O) groups is 2. The van der Waals surface area contributed by atoms with E-state index in [4.69, 9.17) is 0 Å². The van der Waals surface area contributed by atoms with E-state index in [1.54, 1.807) is 26.2 Å². The minimum absolute atomic E-state index is 0.210. The monoisotopic (exact) mass is 261 g/mol. The largest absolute Gasteiger partial charge is 0.352 e. The maximum Gasteiger partial charge on any atom is 0.235 e. The second-order valence-corrected chi connectivity index (χ2v) is 5.42. The molecule has 0 aromatic carbocycles. The Kier molecular flexibility index (Phi) is 3.83. The fourth-order valence-electron chi connectivity index (χ4n) is 1.60. The summed E-state index contributed by atoms with van der Waals surface area (Å²) in [6.45, 7) is 3.67. The first-order chi connectivity index (χ1) is 9.00. The molecular weight excluding hydrogens is 242 g/mol. The van der Waals surface area contributed by atoms with Crippen molar-refractivity contribution in [3.05, 3.63) is 30.1 Å². The van der Waals surface area contributed by atoms with Crippen LogP contribution in [0, 0.1) is 5.41 Å². The summed E-state index contributed by atoms with van der Waals surface area (Å²) in [5, 5.41) is 5.64. The number of nitrogens with zero attached hydrogens (tertiary/aromatic N) is 1. The van der Waals surface area contributed by atoms with E-state index in [1.165, 1.54) is 0 Å². The number of nitrogens with one attached hydrogen (secondary N) is 2. The summed E-state index contributed by atoms with van der Waals surface area (Å²) in [7, 11) is 0. The first kappa shape index (κ1) is 13.5. The minimum atomic E-state index is -1.05. The van der Waals surface area contributed by atoms with E-state index in [1.807, 2.05) is 12.1 Å². The van der Waals surface area contributed by atoms with E-state index < -0.39 is 5.41 Å². The summed E-state index contributed by atoms with van der Waals surface area (Å²) in [6.07, 6.45) is 5.40. The predicted molar refractivity (Wildman–Crippen MR) is 71.0 cm³/mol. The Morgan fingerprint density at radius 2 is 2.11 bits per heavy atom. The summed E-state index contributed by atoms with van der Waals surface area (Å²) < 4.78 is 0. The number of hydrogen-bond donors (Lipinski definition) is 2. The molecule has 19 heavy (non-hydrogen) atoms. The molecule has 1 aromatic heterocycles. The molecule has 1 aliphatic rings. The van der Waals surface area contributed by atoms with E-state index in [0.29, 0.717) is 6.54 Å². The molecule has 0 aliphatic heterocycles. The molecule has 5 heteroatoms. The van der Waals surface area contributed by atoms with Crippen LogP contribution in [0.5, 0.6) is 0 Å². The van der Waals surface area contributed by atoms with Crippen molar-refractivity contribution in [2.45, 2.75) is 39.3 Å². The first-order valence-corrected chi connectivity index (χ1v) is 6.48. The summed E-state index contributed by atoms with van der Waals surface area (Å²) in [4.78, 5) is 28.0. The molecule has 102 valence electrons. The zero-order chi connectivity index (χ0) is 13.9. The lowest BCUT2D eigenvalue weighted by atomic mass is 9.91. The van der Waals surface area contributed by atoms with Crippen LogP contribution in [0.1, 0.15) is 32.3 Å². The van der Waals surface area contributed by atoms with Gasteiger partial charge in [-0.1, -0.05) is 6.07 Å². The van der Waals surface area contributed by atoms with Crippen LogP contribution in [0.4, 0.5) is 0 Å². The van der Waals surface area contributed by atoms with Gasteiger partial charge in [0, 0.05) is 25.0 Å². The van der Waals surface area contributed by atoms with Crippen LogP contribution < -0.4 is 10.6 Å². The number of rotatable bonds is 5. The summed E-state index contributed by atoms with van der Waals surface area (Å²) in [6, 6.07) is 3.95. The number of hydrogen-bond acceptors (Lipinski definition) is 3. The van der Waals surface area contributed by atoms with Crippen LogP contribution in [-0.4, -0.2) is 22.8 Å². The number of pyridine rings is 1. The van der Waals surface area contributed by atoms with Gasteiger partial charge in [-0.15, -0.1) is 0 Å². The maximum atomic E-state index is 12.1. The van der Waals surface area contributed by atoms with Crippen molar-refractivity contribution in [3.8, 4) is 0 Å². The van der Waals surface area contributed by atoms with E-state index >= 15 is 0 Å². The average Bonchev–Trinajstić information content (AvgIpc) is 3.21. The van der Waals surface area contributed by atoms with Gasteiger partial charge in [-0.2, -0.15) is 0 Å². The van der Waals surface area contributed by atoms with Crippen molar-refractivity contribution >= 4 is 11.8 Å². The SMILES string of the molecule is CC(C)(C(=O)NCc1cccnc1)C(=O)NC1CC1.